The molecule has 2 N–H and O–H groups in total. The number of hydrogen-bond acceptors (Lipinski definition) is 2. The lowest BCUT2D eigenvalue weighted by Crippen LogP contribution is -2.34. The number of carbonyl (C=O) groups excluding carboxylic acids is 2. The van der Waals surface area contributed by atoms with E-state index in [0.717, 1.165) is 25.7 Å². The van der Waals surface area contributed by atoms with Gasteiger partial charge in [-0.3, -0.25) is 9.59 Å². The fraction of sp³-hybridized carbons (Fsp3) is 0.417. The van der Waals surface area contributed by atoms with Crippen LogP contribution in [0.5, 0.6) is 0 Å². The highest BCUT2D eigenvalue weighted by atomic mass is 16.2. The van der Waals surface area contributed by atoms with E-state index in [9.17, 15) is 9.59 Å². The third-order valence-electron chi connectivity index (χ3n) is 5.37. The molecule has 3 rings (SSSR count). The first-order valence-corrected chi connectivity index (χ1v) is 10.5. The first-order valence-electron chi connectivity index (χ1n) is 10.5. The van der Waals surface area contributed by atoms with Crippen molar-refractivity contribution in [1.29, 1.82) is 0 Å². The van der Waals surface area contributed by atoms with Crippen LogP contribution in [0, 0.1) is 0 Å². The van der Waals surface area contributed by atoms with Gasteiger partial charge < -0.3 is 10.6 Å². The summed E-state index contributed by atoms with van der Waals surface area (Å²) in [6.07, 6.45) is 8.88. The normalized spacial score (nSPS) is 14.9. The molecule has 1 aliphatic carbocycles. The van der Waals surface area contributed by atoms with Crippen LogP contribution in [0.25, 0.3) is 0 Å². The van der Waals surface area contributed by atoms with Crippen molar-refractivity contribution in [1.82, 2.24) is 10.6 Å². The number of rotatable bonds is 7. The molecule has 2 amide bonds. The van der Waals surface area contributed by atoms with Gasteiger partial charge in [-0.2, -0.15) is 0 Å². The molecule has 0 radical (unpaired) electrons. The number of amides is 2. The second-order valence-electron chi connectivity index (χ2n) is 7.58. The van der Waals surface area contributed by atoms with E-state index in [2.05, 4.69) is 22.8 Å². The van der Waals surface area contributed by atoms with Crippen molar-refractivity contribution >= 4 is 11.8 Å². The smallest absolute Gasteiger partial charge is 0.251 e. The van der Waals surface area contributed by atoms with Gasteiger partial charge >= 0.3 is 0 Å². The molecule has 4 nitrogen and oxygen atoms in total. The van der Waals surface area contributed by atoms with Gasteiger partial charge in [0.25, 0.3) is 11.8 Å². The first kappa shape index (κ1) is 20.1. The number of benzene rings is 2. The van der Waals surface area contributed by atoms with E-state index in [0.29, 0.717) is 17.7 Å². The van der Waals surface area contributed by atoms with Crippen molar-refractivity contribution < 1.29 is 9.59 Å². The third-order valence-corrected chi connectivity index (χ3v) is 5.37. The van der Waals surface area contributed by atoms with Gasteiger partial charge in [0, 0.05) is 23.7 Å². The van der Waals surface area contributed by atoms with Gasteiger partial charge in [0.1, 0.15) is 0 Å². The van der Waals surface area contributed by atoms with E-state index in [1.54, 1.807) is 24.3 Å². The number of carbonyl (C=O) groups is 2. The first-order chi connectivity index (χ1) is 13.7. The summed E-state index contributed by atoms with van der Waals surface area (Å²) in [5.41, 5.74) is 2.48. The van der Waals surface area contributed by atoms with Crippen LogP contribution in [-0.4, -0.2) is 24.4 Å². The molecule has 0 spiro atoms. The van der Waals surface area contributed by atoms with Crippen LogP contribution in [0.3, 0.4) is 0 Å². The fourth-order valence-electron chi connectivity index (χ4n) is 3.71. The number of hydrogen-bond donors (Lipinski definition) is 2. The van der Waals surface area contributed by atoms with Gasteiger partial charge in [-0.25, -0.2) is 0 Å². The topological polar surface area (TPSA) is 58.2 Å². The minimum Gasteiger partial charge on any atom is -0.352 e. The molecular formula is C24H30N2O2. The molecule has 0 heterocycles. The van der Waals surface area contributed by atoms with E-state index in [1.165, 1.54) is 31.2 Å². The minimum atomic E-state index is -0.0937. The summed E-state index contributed by atoms with van der Waals surface area (Å²) in [5, 5.41) is 6.09. The molecule has 0 atom stereocenters. The highest BCUT2D eigenvalue weighted by molar-refractivity contribution is 5.97. The van der Waals surface area contributed by atoms with E-state index in [1.807, 2.05) is 18.2 Å². The summed E-state index contributed by atoms with van der Waals surface area (Å²) in [6.45, 7) is 0.637. The second kappa shape index (κ2) is 10.6. The number of nitrogens with one attached hydrogen (secondary N) is 2. The number of aryl methyl sites for hydroxylation is 1. The summed E-state index contributed by atoms with van der Waals surface area (Å²) in [5.74, 6) is -0.134. The van der Waals surface area contributed by atoms with E-state index in [4.69, 9.17) is 0 Å². The molecule has 1 fully saturated rings. The Morgan fingerprint density at radius 2 is 1.39 bits per heavy atom. The Bertz CT molecular complexity index is 748. The van der Waals surface area contributed by atoms with Crippen LogP contribution in [-0.2, 0) is 6.42 Å². The Kier molecular flexibility index (Phi) is 7.65. The molecule has 0 aliphatic heterocycles. The van der Waals surface area contributed by atoms with Crippen molar-refractivity contribution in [3.63, 3.8) is 0 Å². The molecule has 0 aromatic heterocycles. The van der Waals surface area contributed by atoms with Crippen LogP contribution in [0.2, 0.25) is 0 Å². The molecule has 2 aromatic rings. The Morgan fingerprint density at radius 1 is 0.786 bits per heavy atom. The maximum absolute atomic E-state index is 12.4. The molecular weight excluding hydrogens is 348 g/mol. The Balaban J connectivity index is 1.43. The molecule has 28 heavy (non-hydrogen) atoms. The molecule has 0 unspecified atom stereocenters. The van der Waals surface area contributed by atoms with Crippen LogP contribution in [0.4, 0.5) is 0 Å². The molecule has 148 valence electrons. The van der Waals surface area contributed by atoms with Gasteiger partial charge in [0.05, 0.1) is 0 Å². The van der Waals surface area contributed by atoms with Crippen molar-refractivity contribution in [2.24, 2.45) is 0 Å². The predicted octanol–water partition coefficient (Wildman–Crippen LogP) is 4.50. The Morgan fingerprint density at radius 3 is 2.04 bits per heavy atom. The lowest BCUT2D eigenvalue weighted by atomic mass is 10.1. The van der Waals surface area contributed by atoms with Crippen LogP contribution in [0.15, 0.2) is 54.6 Å². The highest BCUT2D eigenvalue weighted by Crippen LogP contribution is 2.17. The standard InChI is InChI=1S/C24H30N2O2/c27-23(25-18-8-11-19-9-4-3-5-10-19)20-14-16-21(17-15-20)24(28)26-22-12-6-1-2-7-13-22/h3-5,9-10,14-17,22H,1-2,6-8,11-13,18H2,(H,25,27)(H,26,28). The SMILES string of the molecule is O=C(NCCCc1ccccc1)c1ccc(C(=O)NC2CCCCCC2)cc1. The highest BCUT2D eigenvalue weighted by Gasteiger charge is 2.16. The van der Waals surface area contributed by atoms with Crippen LogP contribution >= 0.6 is 0 Å². The van der Waals surface area contributed by atoms with Gasteiger partial charge in [-0.1, -0.05) is 56.0 Å². The van der Waals surface area contributed by atoms with E-state index in [-0.39, 0.29) is 17.9 Å². The lowest BCUT2D eigenvalue weighted by Gasteiger charge is -2.16. The van der Waals surface area contributed by atoms with Crippen molar-refractivity contribution in [3.05, 3.63) is 71.3 Å². The Labute approximate surface area is 167 Å². The average molecular weight is 379 g/mol. The van der Waals surface area contributed by atoms with Gasteiger partial charge in [-0.05, 0) is 55.5 Å². The zero-order chi connectivity index (χ0) is 19.6. The summed E-state index contributed by atoms with van der Waals surface area (Å²) >= 11 is 0. The van der Waals surface area contributed by atoms with Gasteiger partial charge in [0.15, 0.2) is 0 Å². The van der Waals surface area contributed by atoms with Gasteiger partial charge in [0.2, 0.25) is 0 Å². The second-order valence-corrected chi connectivity index (χ2v) is 7.58. The van der Waals surface area contributed by atoms with Crippen molar-refractivity contribution in [2.75, 3.05) is 6.54 Å². The maximum atomic E-state index is 12.4. The predicted molar refractivity (Wildman–Crippen MR) is 112 cm³/mol. The van der Waals surface area contributed by atoms with Crippen LogP contribution < -0.4 is 10.6 Å². The summed E-state index contributed by atoms with van der Waals surface area (Å²) in [6, 6.07) is 17.5. The lowest BCUT2D eigenvalue weighted by molar-refractivity contribution is 0.0927. The molecule has 4 heteroatoms. The minimum absolute atomic E-state index is 0.0401. The molecule has 1 saturated carbocycles. The third kappa shape index (κ3) is 6.22. The quantitative estimate of drug-likeness (QED) is 0.550. The van der Waals surface area contributed by atoms with E-state index >= 15 is 0 Å². The zero-order valence-corrected chi connectivity index (χ0v) is 16.5. The van der Waals surface area contributed by atoms with Crippen LogP contribution in [0.1, 0.15) is 71.2 Å². The average Bonchev–Trinajstić information content (AvgIpc) is 3.00. The maximum Gasteiger partial charge on any atom is 0.251 e. The monoisotopic (exact) mass is 378 g/mol. The molecule has 2 aromatic carbocycles. The molecule has 1 aliphatic rings. The Hall–Kier alpha value is -2.62. The summed E-state index contributed by atoms with van der Waals surface area (Å²) in [7, 11) is 0. The fourth-order valence-corrected chi connectivity index (χ4v) is 3.71. The van der Waals surface area contributed by atoms with Crippen molar-refractivity contribution in [2.45, 2.75) is 57.4 Å². The van der Waals surface area contributed by atoms with E-state index < -0.39 is 0 Å². The molecule has 0 saturated heterocycles. The zero-order valence-electron chi connectivity index (χ0n) is 16.5. The van der Waals surface area contributed by atoms with Crippen molar-refractivity contribution in [3.8, 4) is 0 Å². The van der Waals surface area contributed by atoms with Gasteiger partial charge in [-0.15, -0.1) is 0 Å². The summed E-state index contributed by atoms with van der Waals surface area (Å²) in [4.78, 5) is 24.7. The summed E-state index contributed by atoms with van der Waals surface area (Å²) < 4.78 is 0. The molecule has 0 bridgehead atoms. The largest absolute Gasteiger partial charge is 0.352 e.